The second-order valence-electron chi connectivity index (χ2n) is 4.87. The molecule has 0 amide bonds. The van der Waals surface area contributed by atoms with Gasteiger partial charge in [0.15, 0.2) is 0 Å². The number of carbonyl (C=O) groups is 1. The van der Waals surface area contributed by atoms with Crippen molar-refractivity contribution >= 4 is 5.97 Å². The van der Waals surface area contributed by atoms with Crippen molar-refractivity contribution < 1.29 is 23.4 Å². The maximum atomic E-state index is 11.4. The average molecular weight is 313 g/mol. The molecule has 0 fully saturated rings. The summed E-state index contributed by atoms with van der Waals surface area (Å²) >= 11 is 0.984. The summed E-state index contributed by atoms with van der Waals surface area (Å²) in [4.78, 5) is 11.4. The Morgan fingerprint density at radius 3 is 2.26 bits per heavy atom. The minimum atomic E-state index is -0.0767. The fourth-order valence-electron chi connectivity index (χ4n) is 1.74. The molecule has 0 bridgehead atoms. The zero-order valence-electron chi connectivity index (χ0n) is 12.6. The van der Waals surface area contributed by atoms with Gasteiger partial charge >= 0.3 is 125 Å². The van der Waals surface area contributed by atoms with E-state index in [9.17, 15) is 4.79 Å². The van der Waals surface area contributed by atoms with E-state index >= 15 is 0 Å². The summed E-state index contributed by atoms with van der Waals surface area (Å²) in [6.45, 7) is 4.41. The molecule has 0 aromatic heterocycles. The van der Waals surface area contributed by atoms with Crippen LogP contribution < -0.4 is 0 Å². The van der Waals surface area contributed by atoms with Crippen LogP contribution >= 0.6 is 0 Å². The van der Waals surface area contributed by atoms with E-state index in [1.165, 1.54) is 44.9 Å². The summed E-state index contributed by atoms with van der Waals surface area (Å²) in [5, 5.41) is 1.91. The van der Waals surface area contributed by atoms with Crippen LogP contribution in [0.25, 0.3) is 0 Å². The van der Waals surface area contributed by atoms with Crippen molar-refractivity contribution in [1.29, 1.82) is 0 Å². The SMILES string of the molecule is CCCCCCC=[CH][Ni][O]C(=O)CCCCCCC. The molecular weight excluding hydrogens is 283 g/mol. The fraction of sp³-hybridized carbons (Fsp3) is 0.812. The van der Waals surface area contributed by atoms with Gasteiger partial charge in [0.1, 0.15) is 0 Å². The van der Waals surface area contributed by atoms with Crippen molar-refractivity contribution in [2.45, 2.75) is 84.5 Å². The van der Waals surface area contributed by atoms with Crippen LogP contribution in [0.5, 0.6) is 0 Å². The molecule has 116 valence electrons. The van der Waals surface area contributed by atoms with Crippen molar-refractivity contribution in [2.75, 3.05) is 0 Å². The Morgan fingerprint density at radius 2 is 1.58 bits per heavy atom. The third kappa shape index (κ3) is 15.6. The molecule has 0 spiro atoms. The van der Waals surface area contributed by atoms with Crippen LogP contribution in [0.2, 0.25) is 0 Å². The Hall–Kier alpha value is -0.296. The molecule has 0 N–H and O–H groups in total. The van der Waals surface area contributed by atoms with E-state index in [-0.39, 0.29) is 5.97 Å². The van der Waals surface area contributed by atoms with Crippen LogP contribution in [0.1, 0.15) is 84.5 Å². The molecular formula is C16H30NiO2. The van der Waals surface area contributed by atoms with Crippen LogP contribution in [0, 0.1) is 0 Å². The molecule has 0 aromatic carbocycles. The molecule has 0 aliphatic rings. The topological polar surface area (TPSA) is 26.3 Å². The van der Waals surface area contributed by atoms with Crippen molar-refractivity contribution in [1.82, 2.24) is 0 Å². The van der Waals surface area contributed by atoms with E-state index in [4.69, 9.17) is 3.88 Å². The number of allylic oxidation sites excluding steroid dienone is 1. The summed E-state index contributed by atoms with van der Waals surface area (Å²) in [5.41, 5.74) is 0. The molecule has 0 radical (unpaired) electrons. The third-order valence-electron chi connectivity index (χ3n) is 2.94. The third-order valence-corrected chi connectivity index (χ3v) is 3.64. The van der Waals surface area contributed by atoms with E-state index in [2.05, 4.69) is 19.9 Å². The first-order chi connectivity index (χ1) is 9.31. The van der Waals surface area contributed by atoms with Gasteiger partial charge in [-0.15, -0.1) is 0 Å². The van der Waals surface area contributed by atoms with E-state index in [1.807, 2.05) is 5.05 Å². The molecule has 0 aliphatic heterocycles. The second-order valence-corrected chi connectivity index (χ2v) is 5.63. The zero-order chi connectivity index (χ0) is 14.2. The number of hydrogen-bond donors (Lipinski definition) is 0. The number of unbranched alkanes of at least 4 members (excludes halogenated alkanes) is 8. The Balaban J connectivity index is 3.25. The van der Waals surface area contributed by atoms with Crippen molar-refractivity contribution in [2.24, 2.45) is 0 Å². The van der Waals surface area contributed by atoms with Gasteiger partial charge in [0.25, 0.3) is 0 Å². The van der Waals surface area contributed by atoms with Gasteiger partial charge in [0.2, 0.25) is 0 Å². The van der Waals surface area contributed by atoms with Crippen LogP contribution in [0.4, 0.5) is 0 Å². The van der Waals surface area contributed by atoms with E-state index in [1.54, 1.807) is 0 Å². The molecule has 0 aliphatic carbocycles. The van der Waals surface area contributed by atoms with Gasteiger partial charge in [0, 0.05) is 0 Å². The summed E-state index contributed by atoms with van der Waals surface area (Å²) in [5.74, 6) is -0.0767. The zero-order valence-corrected chi connectivity index (χ0v) is 13.6. The predicted molar refractivity (Wildman–Crippen MR) is 77.4 cm³/mol. The second kappa shape index (κ2) is 15.8. The average Bonchev–Trinajstić information content (AvgIpc) is 2.41. The van der Waals surface area contributed by atoms with Gasteiger partial charge in [-0.25, -0.2) is 0 Å². The molecule has 3 heteroatoms. The molecule has 2 nitrogen and oxygen atoms in total. The number of rotatable bonds is 13. The summed E-state index contributed by atoms with van der Waals surface area (Å²) in [7, 11) is 0. The molecule has 0 unspecified atom stereocenters. The normalized spacial score (nSPS) is 11.3. The summed E-state index contributed by atoms with van der Waals surface area (Å²) in [6, 6.07) is 0. The Labute approximate surface area is 125 Å². The minimum absolute atomic E-state index is 0.0767. The number of hydrogen-bond acceptors (Lipinski definition) is 2. The van der Waals surface area contributed by atoms with Gasteiger partial charge in [-0.3, -0.25) is 0 Å². The predicted octanol–water partition coefficient (Wildman–Crippen LogP) is 5.37. The van der Waals surface area contributed by atoms with Gasteiger partial charge in [-0.1, -0.05) is 0 Å². The first-order valence-electron chi connectivity index (χ1n) is 7.73. The van der Waals surface area contributed by atoms with Crippen LogP contribution in [-0.2, 0) is 23.4 Å². The fourth-order valence-corrected chi connectivity index (χ4v) is 2.30. The number of carbonyl (C=O) groups excluding carboxylic acids is 1. The van der Waals surface area contributed by atoms with Gasteiger partial charge in [-0.05, 0) is 0 Å². The van der Waals surface area contributed by atoms with Crippen molar-refractivity contribution in [3.05, 3.63) is 11.1 Å². The molecule has 0 atom stereocenters. The van der Waals surface area contributed by atoms with Crippen molar-refractivity contribution in [3.8, 4) is 0 Å². The van der Waals surface area contributed by atoms with Crippen LogP contribution in [0.15, 0.2) is 11.1 Å². The van der Waals surface area contributed by atoms with Crippen LogP contribution in [0.3, 0.4) is 0 Å². The molecule has 19 heavy (non-hydrogen) atoms. The Kier molecular flexibility index (Phi) is 15.5. The van der Waals surface area contributed by atoms with Gasteiger partial charge < -0.3 is 0 Å². The maximum absolute atomic E-state index is 11.4. The van der Waals surface area contributed by atoms with Crippen molar-refractivity contribution in [3.63, 3.8) is 0 Å². The molecule has 0 rings (SSSR count). The molecule has 0 aromatic rings. The van der Waals surface area contributed by atoms with Gasteiger partial charge in [-0.2, -0.15) is 0 Å². The standard InChI is InChI=1S/C8H16O2.C8H15.Ni/c1-2-3-4-5-6-7-8(9)10;1-3-5-7-8-6-4-2;/h2-7H2,1H3,(H,9,10);1,3H,4-8H2,2H3;/q;;+1/p-1. The first-order valence-corrected chi connectivity index (χ1v) is 8.70. The van der Waals surface area contributed by atoms with E-state index in [0.717, 1.165) is 34.0 Å². The van der Waals surface area contributed by atoms with E-state index < -0.39 is 0 Å². The molecule has 0 heterocycles. The molecule has 0 saturated carbocycles. The quantitative estimate of drug-likeness (QED) is 0.337. The summed E-state index contributed by atoms with van der Waals surface area (Å²) in [6.07, 6.45) is 14.7. The molecule has 0 saturated heterocycles. The van der Waals surface area contributed by atoms with E-state index in [0.29, 0.717) is 6.42 Å². The summed E-state index contributed by atoms with van der Waals surface area (Å²) < 4.78 is 5.09. The monoisotopic (exact) mass is 312 g/mol. The van der Waals surface area contributed by atoms with Crippen LogP contribution in [-0.4, -0.2) is 5.97 Å². The first kappa shape index (κ1) is 18.7. The van der Waals surface area contributed by atoms with Gasteiger partial charge in [0.05, 0.1) is 0 Å². The Morgan fingerprint density at radius 1 is 0.947 bits per heavy atom. The Bertz CT molecular complexity index is 227.